The molecule has 0 spiro atoms. The first-order valence-electron chi connectivity index (χ1n) is 29.0. The maximum Gasteiger partial charge on any atom is 0.319 e. The van der Waals surface area contributed by atoms with Gasteiger partial charge in [0.2, 0.25) is 0 Å². The van der Waals surface area contributed by atoms with Crippen LogP contribution >= 0.6 is 23.2 Å². The second-order valence-corrected chi connectivity index (χ2v) is 24.6. The average molecular weight is 1230 g/mol. The predicted octanol–water partition coefficient (Wildman–Crippen LogP) is 16.2. The maximum absolute atomic E-state index is 12.8. The largest absolute Gasteiger partial charge is 0.394 e. The summed E-state index contributed by atoms with van der Waals surface area (Å²) in [7, 11) is 0. The third-order valence-corrected chi connectivity index (χ3v) is 14.7. The number of nitrogens with one attached hydrogen (secondary N) is 6. The number of benzene rings is 6. The van der Waals surface area contributed by atoms with Crippen LogP contribution in [0.1, 0.15) is 157 Å². The number of rotatable bonds is 19. The maximum atomic E-state index is 12.8. The number of hydrogen-bond donors (Lipinski definition) is 7. The molecule has 7 amide bonds. The zero-order valence-corrected chi connectivity index (χ0v) is 55.3. The van der Waals surface area contributed by atoms with Crippen LogP contribution in [0.25, 0.3) is 5.57 Å². The van der Waals surface area contributed by atoms with Crippen LogP contribution in [-0.2, 0) is 26.3 Å². The van der Waals surface area contributed by atoms with Gasteiger partial charge >= 0.3 is 18.1 Å². The molecule has 0 saturated heterocycles. The monoisotopic (exact) mass is 1220 g/mol. The average Bonchev–Trinajstić information content (AvgIpc) is 1.99. The van der Waals surface area contributed by atoms with Crippen molar-refractivity contribution in [3.05, 3.63) is 200 Å². The number of hydrogen-bond acceptors (Lipinski definition) is 9. The first-order valence-corrected chi connectivity index (χ1v) is 29.7. The van der Waals surface area contributed by atoms with Gasteiger partial charge in [0.25, 0.3) is 5.91 Å². The minimum absolute atomic E-state index is 0.0292. The second kappa shape index (κ2) is 32.0. The highest BCUT2D eigenvalue weighted by molar-refractivity contribution is 6.31. The number of allylic oxidation sites excluding steroid dienone is 1. The number of amides is 7. The molecule has 0 fully saturated rings. The first kappa shape index (κ1) is 71.3. The molecule has 0 radical (unpaired) electrons. The summed E-state index contributed by atoms with van der Waals surface area (Å²) in [6.07, 6.45) is 0. The van der Waals surface area contributed by atoms with Crippen LogP contribution in [0, 0.1) is 20.8 Å². The fourth-order valence-electron chi connectivity index (χ4n) is 8.56. The lowest BCUT2D eigenvalue weighted by molar-refractivity contribution is 0.000943. The Balaban J connectivity index is 0.000000279. The normalized spacial score (nSPS) is 11.8. The third-order valence-electron chi connectivity index (χ3n) is 13.8. The van der Waals surface area contributed by atoms with Gasteiger partial charge in [-0.1, -0.05) is 106 Å². The quantitative estimate of drug-likeness (QED) is 0.0237. The predicted molar refractivity (Wildman–Crippen MR) is 361 cm³/mol. The molecule has 0 aromatic heterocycles. The zero-order valence-electron chi connectivity index (χ0n) is 53.8. The van der Waals surface area contributed by atoms with E-state index < -0.39 is 16.6 Å². The number of aryl methyl sites for hydroxylation is 3. The minimum atomic E-state index is -0.597. The molecule has 6 aromatic carbocycles. The summed E-state index contributed by atoms with van der Waals surface area (Å²) in [5, 5.41) is 27.2. The summed E-state index contributed by atoms with van der Waals surface area (Å²) in [6.45, 7) is 38.9. The molecule has 0 unspecified atom stereocenters. The lowest BCUT2D eigenvalue weighted by atomic mass is 9.92. The van der Waals surface area contributed by atoms with Crippen LogP contribution in [-0.4, -0.2) is 72.2 Å². The van der Waals surface area contributed by atoms with Gasteiger partial charge in [-0.15, -0.1) is 0 Å². The van der Waals surface area contributed by atoms with Gasteiger partial charge in [0.05, 0.1) is 28.0 Å². The van der Waals surface area contributed by atoms with E-state index in [-0.39, 0.29) is 29.6 Å². The van der Waals surface area contributed by atoms with Crippen LogP contribution in [0.3, 0.4) is 0 Å². The van der Waals surface area contributed by atoms with E-state index in [9.17, 15) is 19.2 Å². The number of oxime groups is 2. The summed E-state index contributed by atoms with van der Waals surface area (Å²) in [5.41, 5.74) is 16.8. The lowest BCUT2D eigenvalue weighted by Crippen LogP contribution is -2.43. The Bertz CT molecular complexity index is 3440. The minimum Gasteiger partial charge on any atom is -0.394 e. The van der Waals surface area contributed by atoms with Gasteiger partial charge in [-0.3, -0.25) is 4.79 Å². The highest BCUT2D eigenvalue weighted by Crippen LogP contribution is 2.28. The molecule has 0 aliphatic rings. The Hall–Kier alpha value is -8.18. The zero-order chi connectivity index (χ0) is 65.0. The van der Waals surface area contributed by atoms with E-state index in [0.29, 0.717) is 58.9 Å². The van der Waals surface area contributed by atoms with Gasteiger partial charge in [-0.05, 0) is 235 Å². The highest BCUT2D eigenvalue weighted by Gasteiger charge is 2.27. The van der Waals surface area contributed by atoms with Gasteiger partial charge < -0.3 is 52.2 Å². The van der Waals surface area contributed by atoms with Crippen molar-refractivity contribution in [2.45, 2.75) is 140 Å². The highest BCUT2D eigenvalue weighted by atomic mass is 35.5. The molecule has 8 N–H and O–H groups in total. The molecular weight excluding hydrogens is 1140 g/mol. The van der Waals surface area contributed by atoms with Crippen molar-refractivity contribution in [3.63, 3.8) is 0 Å². The van der Waals surface area contributed by atoms with E-state index in [0.717, 1.165) is 67.1 Å². The van der Waals surface area contributed by atoms with Crippen molar-refractivity contribution >= 4 is 81.3 Å². The second-order valence-electron chi connectivity index (χ2n) is 23.7. The van der Waals surface area contributed by atoms with E-state index in [1.165, 1.54) is 0 Å². The lowest BCUT2D eigenvalue weighted by Gasteiger charge is -2.28. The number of nitrogens with zero attached hydrogens (tertiary/aromatic N) is 3. The Labute approximate surface area is 526 Å². The van der Waals surface area contributed by atoms with Crippen LogP contribution in [0.4, 0.5) is 31.4 Å². The van der Waals surface area contributed by atoms with Crippen LogP contribution in [0.2, 0.25) is 10.0 Å². The van der Waals surface area contributed by atoms with Gasteiger partial charge in [0, 0.05) is 52.3 Å². The Morgan fingerprint density at radius 2 is 0.908 bits per heavy atom. The fourth-order valence-corrected chi connectivity index (χ4v) is 8.79. The Kier molecular flexibility index (Phi) is 26.2. The van der Waals surface area contributed by atoms with Crippen molar-refractivity contribution in [2.75, 3.05) is 42.2 Å². The van der Waals surface area contributed by atoms with Crippen molar-refractivity contribution < 1.29 is 28.9 Å². The number of halogens is 2. The molecule has 0 bridgehead atoms. The molecular formula is C69H90Cl2N10O6. The van der Waals surface area contributed by atoms with Crippen LogP contribution in [0.15, 0.2) is 144 Å². The summed E-state index contributed by atoms with van der Waals surface area (Å²) >= 11 is 12.1. The number of carbonyl (C=O) groups excluding carboxylic acids is 4. The summed E-state index contributed by atoms with van der Waals surface area (Å²) in [6, 6.07) is 38.9. The number of urea groups is 3. The van der Waals surface area contributed by atoms with E-state index in [1.807, 2.05) is 215 Å². The number of carbonyl (C=O) groups is 4. The fraction of sp³-hybridized carbons (Fsp3) is 0.362. The molecule has 0 heterocycles. The molecule has 0 aliphatic carbocycles. The van der Waals surface area contributed by atoms with Crippen molar-refractivity contribution in [1.82, 2.24) is 20.9 Å². The van der Waals surface area contributed by atoms with Crippen molar-refractivity contribution in [1.29, 1.82) is 0 Å². The smallest absolute Gasteiger partial charge is 0.319 e. The molecule has 0 atom stereocenters. The molecule has 18 heteroatoms. The van der Waals surface area contributed by atoms with Crippen molar-refractivity contribution in [2.24, 2.45) is 16.0 Å². The molecule has 0 saturated carbocycles. The van der Waals surface area contributed by atoms with E-state index in [2.05, 4.69) is 48.8 Å². The van der Waals surface area contributed by atoms with Crippen molar-refractivity contribution in [3.8, 4) is 0 Å². The number of nitrogens with two attached hydrogens (primary N) is 1. The van der Waals surface area contributed by atoms with Crippen LogP contribution < -0.4 is 37.6 Å². The van der Waals surface area contributed by atoms with Gasteiger partial charge in [0.1, 0.15) is 12.2 Å². The molecule has 6 rings (SSSR count). The molecule has 87 heavy (non-hydrogen) atoms. The topological polar surface area (TPSA) is 213 Å². The van der Waals surface area contributed by atoms with Gasteiger partial charge in [0.15, 0.2) is 0 Å². The molecule has 466 valence electrons. The van der Waals surface area contributed by atoms with E-state index >= 15 is 0 Å². The Morgan fingerprint density at radius 3 is 1.29 bits per heavy atom. The number of anilines is 3. The first-order chi connectivity index (χ1) is 40.7. The van der Waals surface area contributed by atoms with E-state index in [4.69, 9.17) is 38.6 Å². The van der Waals surface area contributed by atoms with Crippen LogP contribution in [0.5, 0.6) is 0 Å². The molecule has 16 nitrogen and oxygen atoms in total. The molecule has 6 aromatic rings. The standard InChI is InChI=1S/C25H33N3O2.C23H30ClN3O2.C21H27ClN4O2/c1-8-28(9-2)23(29)22-16-21(14-13-18(22)5)26-24(30)27-25(6,7)20-12-10-11-19(15-20)17(3)4;1-15-13-19(11-12-20(15)24)25-21(28)26-23(6,7)18-10-8-9-17(14-18)16(2)27-29-22(3,4)5;1-14-12-18(8-9-19(14)22)24-20(27)25-21(3,4)17-7-5-6-16(13-17)15(2)26-28-11-10-23/h10-16H,3,8-9H2,1-2,4-7H3,(H2,26,27,30);8-14H,1-7H3,(H2,25,26,28);5-9,12-13H,10-11,23H2,1-4H3,(H2,24,25,27)/b;27-16+;26-15+. The Morgan fingerprint density at radius 1 is 0.529 bits per heavy atom. The third kappa shape index (κ3) is 22.6. The summed E-state index contributed by atoms with van der Waals surface area (Å²) < 4.78 is 0. The SMILES string of the molecule is C/C(=N\OC(C)(C)C)c1cccc(C(C)(C)NC(=O)Nc2ccc(Cl)c(C)c2)c1.C/C(=N\OCCN)c1cccc(C(C)(C)NC(=O)Nc2ccc(Cl)c(C)c2)c1.C=C(C)c1cccc(C(C)(C)NC(=O)Nc2ccc(C)c(C(=O)N(CC)CC)c2)c1. The van der Waals surface area contributed by atoms with E-state index in [1.54, 1.807) is 35.2 Å². The summed E-state index contributed by atoms with van der Waals surface area (Å²) in [5.74, 6) is -0.0292. The van der Waals surface area contributed by atoms with Gasteiger partial charge in [-0.25, -0.2) is 14.4 Å². The summed E-state index contributed by atoms with van der Waals surface area (Å²) in [4.78, 5) is 62.9. The van der Waals surface area contributed by atoms with Gasteiger partial charge in [-0.2, -0.15) is 0 Å². The molecule has 0 aliphatic heterocycles.